The summed E-state index contributed by atoms with van der Waals surface area (Å²) in [6.45, 7) is 2.40. The fourth-order valence-corrected chi connectivity index (χ4v) is 2.07. The summed E-state index contributed by atoms with van der Waals surface area (Å²) in [5.74, 6) is 1.75. The molecule has 0 N–H and O–H groups in total. The van der Waals surface area contributed by atoms with Crippen molar-refractivity contribution in [1.82, 2.24) is 4.90 Å². The van der Waals surface area contributed by atoms with Crippen molar-refractivity contribution in [2.45, 2.75) is 19.9 Å². The summed E-state index contributed by atoms with van der Waals surface area (Å²) >= 11 is 3.38. The number of aryl methyl sites for hydroxylation is 1. The standard InChI is InChI=1S/C15H16BrNO2/c1-11-3-8-14(19-11)10-17(2)15(18)9-12-4-6-13(16)7-5-12/h3-8H,9-10H2,1-2H3. The van der Waals surface area contributed by atoms with Gasteiger partial charge in [-0.2, -0.15) is 0 Å². The molecule has 0 radical (unpaired) electrons. The SMILES string of the molecule is Cc1ccc(CN(C)C(=O)Cc2ccc(Br)cc2)o1. The Morgan fingerprint density at radius 2 is 1.89 bits per heavy atom. The van der Waals surface area contributed by atoms with Crippen molar-refractivity contribution in [3.05, 3.63) is 58.0 Å². The van der Waals surface area contributed by atoms with E-state index in [1.165, 1.54) is 0 Å². The molecule has 1 amide bonds. The van der Waals surface area contributed by atoms with Crippen LogP contribution in [0.3, 0.4) is 0 Å². The van der Waals surface area contributed by atoms with Gasteiger partial charge in [-0.25, -0.2) is 0 Å². The highest BCUT2D eigenvalue weighted by Gasteiger charge is 2.11. The van der Waals surface area contributed by atoms with Crippen molar-refractivity contribution in [1.29, 1.82) is 0 Å². The van der Waals surface area contributed by atoms with Gasteiger partial charge in [0.2, 0.25) is 5.91 Å². The van der Waals surface area contributed by atoms with E-state index in [4.69, 9.17) is 4.42 Å². The van der Waals surface area contributed by atoms with Gasteiger partial charge in [0.15, 0.2) is 0 Å². The fraction of sp³-hybridized carbons (Fsp3) is 0.267. The molecule has 1 heterocycles. The lowest BCUT2D eigenvalue weighted by Gasteiger charge is -2.15. The molecule has 0 fully saturated rings. The molecule has 0 spiro atoms. The lowest BCUT2D eigenvalue weighted by atomic mass is 10.1. The number of halogens is 1. The zero-order valence-corrected chi connectivity index (χ0v) is 12.6. The van der Waals surface area contributed by atoms with Crippen LogP contribution in [0.1, 0.15) is 17.1 Å². The van der Waals surface area contributed by atoms with Gasteiger partial charge in [0.25, 0.3) is 0 Å². The van der Waals surface area contributed by atoms with E-state index in [-0.39, 0.29) is 5.91 Å². The molecule has 19 heavy (non-hydrogen) atoms. The molecule has 2 rings (SSSR count). The van der Waals surface area contributed by atoms with Crippen LogP contribution in [0.15, 0.2) is 45.3 Å². The van der Waals surface area contributed by atoms with Gasteiger partial charge < -0.3 is 9.32 Å². The molecule has 0 atom stereocenters. The van der Waals surface area contributed by atoms with E-state index >= 15 is 0 Å². The predicted octanol–water partition coefficient (Wildman–Crippen LogP) is 3.55. The normalized spacial score (nSPS) is 10.5. The molecule has 0 saturated carbocycles. The Balaban J connectivity index is 1.94. The molecule has 0 aliphatic carbocycles. The third-order valence-corrected chi connectivity index (χ3v) is 3.41. The van der Waals surface area contributed by atoms with Crippen molar-refractivity contribution in [2.75, 3.05) is 7.05 Å². The van der Waals surface area contributed by atoms with Crippen molar-refractivity contribution < 1.29 is 9.21 Å². The molecule has 0 aliphatic heterocycles. The summed E-state index contributed by atoms with van der Waals surface area (Å²) in [6.07, 6.45) is 0.406. The van der Waals surface area contributed by atoms with Crippen LogP contribution in [0.5, 0.6) is 0 Å². The smallest absolute Gasteiger partial charge is 0.227 e. The van der Waals surface area contributed by atoms with E-state index in [0.29, 0.717) is 13.0 Å². The first kappa shape index (κ1) is 13.9. The van der Waals surface area contributed by atoms with E-state index in [2.05, 4.69) is 15.9 Å². The average molecular weight is 322 g/mol. The largest absolute Gasteiger partial charge is 0.464 e. The molecule has 4 heteroatoms. The van der Waals surface area contributed by atoms with Crippen LogP contribution in [-0.2, 0) is 17.8 Å². The third kappa shape index (κ3) is 3.96. The molecule has 0 bridgehead atoms. The van der Waals surface area contributed by atoms with E-state index in [1.54, 1.807) is 11.9 Å². The van der Waals surface area contributed by atoms with Crippen LogP contribution >= 0.6 is 15.9 Å². The lowest BCUT2D eigenvalue weighted by Crippen LogP contribution is -2.27. The number of carbonyl (C=O) groups excluding carboxylic acids is 1. The summed E-state index contributed by atoms with van der Waals surface area (Å²) < 4.78 is 6.49. The first-order valence-corrected chi connectivity index (χ1v) is 6.87. The monoisotopic (exact) mass is 321 g/mol. The minimum atomic E-state index is 0.0800. The van der Waals surface area contributed by atoms with Crippen LogP contribution in [-0.4, -0.2) is 17.9 Å². The van der Waals surface area contributed by atoms with Crippen molar-refractivity contribution in [3.63, 3.8) is 0 Å². The minimum absolute atomic E-state index is 0.0800. The Morgan fingerprint density at radius 1 is 1.21 bits per heavy atom. The molecule has 0 saturated heterocycles. The molecule has 1 aromatic carbocycles. The molecule has 100 valence electrons. The van der Waals surface area contributed by atoms with Gasteiger partial charge in [-0.1, -0.05) is 28.1 Å². The number of nitrogens with zero attached hydrogens (tertiary/aromatic N) is 1. The Morgan fingerprint density at radius 3 is 2.47 bits per heavy atom. The first-order valence-electron chi connectivity index (χ1n) is 6.08. The molecule has 0 unspecified atom stereocenters. The first-order chi connectivity index (χ1) is 9.04. The van der Waals surface area contributed by atoms with Crippen molar-refractivity contribution in [3.8, 4) is 0 Å². The Bertz CT molecular complexity index is 560. The number of hydrogen-bond acceptors (Lipinski definition) is 2. The average Bonchev–Trinajstić information content (AvgIpc) is 2.77. The summed E-state index contributed by atoms with van der Waals surface area (Å²) in [7, 11) is 1.79. The van der Waals surface area contributed by atoms with Crippen molar-refractivity contribution in [2.24, 2.45) is 0 Å². The number of furan rings is 1. The Kier molecular flexibility index (Phi) is 4.43. The quantitative estimate of drug-likeness (QED) is 0.862. The second-order valence-electron chi connectivity index (χ2n) is 4.57. The van der Waals surface area contributed by atoms with E-state index in [0.717, 1.165) is 21.6 Å². The number of rotatable bonds is 4. The Labute approximate surface area is 121 Å². The van der Waals surface area contributed by atoms with Crippen molar-refractivity contribution >= 4 is 21.8 Å². The second kappa shape index (κ2) is 6.06. The van der Waals surface area contributed by atoms with Gasteiger partial charge in [0.05, 0.1) is 13.0 Å². The maximum Gasteiger partial charge on any atom is 0.227 e. The zero-order chi connectivity index (χ0) is 13.8. The fourth-order valence-electron chi connectivity index (χ4n) is 1.80. The molecule has 1 aromatic heterocycles. The predicted molar refractivity (Wildman–Crippen MR) is 77.8 cm³/mol. The number of benzene rings is 1. The molecule has 3 nitrogen and oxygen atoms in total. The third-order valence-electron chi connectivity index (χ3n) is 2.88. The topological polar surface area (TPSA) is 33.5 Å². The minimum Gasteiger partial charge on any atom is -0.464 e. The summed E-state index contributed by atoms with van der Waals surface area (Å²) in [6, 6.07) is 11.6. The number of likely N-dealkylation sites (N-methyl/N-ethyl adjacent to an activating group) is 1. The van der Waals surface area contributed by atoms with E-state index in [9.17, 15) is 4.79 Å². The zero-order valence-electron chi connectivity index (χ0n) is 11.0. The van der Waals surface area contributed by atoms with Crippen LogP contribution in [0, 0.1) is 6.92 Å². The highest BCUT2D eigenvalue weighted by atomic mass is 79.9. The summed E-state index contributed by atoms with van der Waals surface area (Å²) in [5.41, 5.74) is 1.01. The van der Waals surface area contributed by atoms with E-state index in [1.807, 2.05) is 43.3 Å². The van der Waals surface area contributed by atoms with Crippen LogP contribution in [0.2, 0.25) is 0 Å². The number of hydrogen-bond donors (Lipinski definition) is 0. The van der Waals surface area contributed by atoms with E-state index < -0.39 is 0 Å². The van der Waals surface area contributed by atoms with Gasteiger partial charge >= 0.3 is 0 Å². The molecule has 0 aliphatic rings. The molecular formula is C15H16BrNO2. The number of carbonyl (C=O) groups is 1. The second-order valence-corrected chi connectivity index (χ2v) is 5.48. The highest BCUT2D eigenvalue weighted by Crippen LogP contribution is 2.13. The van der Waals surface area contributed by atoms with Crippen LogP contribution in [0.25, 0.3) is 0 Å². The molecule has 2 aromatic rings. The van der Waals surface area contributed by atoms with Crippen LogP contribution < -0.4 is 0 Å². The highest BCUT2D eigenvalue weighted by molar-refractivity contribution is 9.10. The Hall–Kier alpha value is -1.55. The van der Waals surface area contributed by atoms with Crippen LogP contribution in [0.4, 0.5) is 0 Å². The summed E-state index contributed by atoms with van der Waals surface area (Å²) in [5, 5.41) is 0. The maximum absolute atomic E-state index is 12.1. The maximum atomic E-state index is 12.1. The molecular weight excluding hydrogens is 306 g/mol. The van der Waals surface area contributed by atoms with Gasteiger partial charge in [0, 0.05) is 11.5 Å². The van der Waals surface area contributed by atoms with Gasteiger partial charge in [-0.15, -0.1) is 0 Å². The lowest BCUT2D eigenvalue weighted by molar-refractivity contribution is -0.129. The summed E-state index contributed by atoms with van der Waals surface area (Å²) in [4.78, 5) is 13.8. The van der Waals surface area contributed by atoms with Gasteiger partial charge in [0.1, 0.15) is 11.5 Å². The van der Waals surface area contributed by atoms with Gasteiger partial charge in [-0.3, -0.25) is 4.79 Å². The van der Waals surface area contributed by atoms with Gasteiger partial charge in [-0.05, 0) is 36.8 Å². The number of amides is 1.